The third kappa shape index (κ3) is 7.07. The molecule has 366 valence electrons. The summed E-state index contributed by atoms with van der Waals surface area (Å²) in [6.45, 7) is 4.79. The molecule has 0 radical (unpaired) electrons. The number of aromatic nitrogens is 4. The van der Waals surface area contributed by atoms with Gasteiger partial charge in [0.25, 0.3) is 0 Å². The number of thiophene rings is 2. The van der Waals surface area contributed by atoms with Crippen molar-refractivity contribution in [2.24, 2.45) is 0 Å². The SMILES string of the molecule is CC1(C)c2cccc(c2)-c2cc(-c3nc(-c4ccc5c(c4)sc4ccccc45)nc(-c4ccc5c(c4)sc4ccccc45)n3)cc(-c3ccccc3)c2-n2c3ccc(-c4ccccc4)cc3c3cc(-c4ccccc4)cc1c32. The van der Waals surface area contributed by atoms with Crippen molar-refractivity contribution in [3.8, 4) is 84.4 Å². The predicted molar refractivity (Wildman–Crippen MR) is 330 cm³/mol. The molecule has 4 nitrogen and oxygen atoms in total. The van der Waals surface area contributed by atoms with Crippen LogP contribution in [0.1, 0.15) is 25.0 Å². The van der Waals surface area contributed by atoms with Crippen molar-refractivity contribution in [1.82, 2.24) is 19.5 Å². The number of benzene rings is 11. The maximum atomic E-state index is 5.53. The molecule has 11 aromatic carbocycles. The summed E-state index contributed by atoms with van der Waals surface area (Å²) >= 11 is 3.62. The van der Waals surface area contributed by atoms with Gasteiger partial charge < -0.3 is 4.57 Å². The van der Waals surface area contributed by atoms with E-state index in [1.165, 1.54) is 90.0 Å². The Morgan fingerprint density at radius 2 is 0.808 bits per heavy atom. The lowest BCUT2D eigenvalue weighted by Gasteiger charge is -2.28. The highest BCUT2D eigenvalue weighted by Crippen LogP contribution is 2.51. The highest BCUT2D eigenvalue weighted by atomic mass is 32.1. The molecular formula is C72H46N4S2. The monoisotopic (exact) mass is 1030 g/mol. The van der Waals surface area contributed by atoms with Crippen LogP contribution in [0.25, 0.3) is 147 Å². The van der Waals surface area contributed by atoms with Crippen LogP contribution in [0.3, 0.4) is 0 Å². The molecule has 0 amide bonds. The minimum atomic E-state index is -0.408. The highest BCUT2D eigenvalue weighted by molar-refractivity contribution is 7.26. The van der Waals surface area contributed by atoms with Gasteiger partial charge in [0, 0.05) is 84.3 Å². The van der Waals surface area contributed by atoms with E-state index in [2.05, 4.69) is 261 Å². The van der Waals surface area contributed by atoms with Crippen LogP contribution in [0, 0.1) is 0 Å². The van der Waals surface area contributed by atoms with Gasteiger partial charge in [-0.1, -0.05) is 196 Å². The van der Waals surface area contributed by atoms with Crippen LogP contribution < -0.4 is 0 Å². The van der Waals surface area contributed by atoms with Gasteiger partial charge in [-0.2, -0.15) is 0 Å². The number of fused-ring (bicyclic) bond motifs is 14. The van der Waals surface area contributed by atoms with E-state index in [9.17, 15) is 0 Å². The fraction of sp³-hybridized carbons (Fsp3) is 0.0417. The van der Waals surface area contributed by atoms with Crippen LogP contribution >= 0.6 is 22.7 Å². The Kier molecular flexibility index (Phi) is 9.99. The lowest BCUT2D eigenvalue weighted by molar-refractivity contribution is 0.645. The third-order valence-electron chi connectivity index (χ3n) is 16.2. The van der Waals surface area contributed by atoms with E-state index in [4.69, 9.17) is 15.0 Å². The maximum absolute atomic E-state index is 5.53. The first-order valence-electron chi connectivity index (χ1n) is 26.6. The third-order valence-corrected chi connectivity index (χ3v) is 18.5. The van der Waals surface area contributed by atoms with Crippen molar-refractivity contribution < 1.29 is 0 Å². The van der Waals surface area contributed by atoms with Crippen LogP contribution in [0.5, 0.6) is 0 Å². The van der Waals surface area contributed by atoms with Crippen molar-refractivity contribution in [2.75, 3.05) is 0 Å². The summed E-state index contributed by atoms with van der Waals surface area (Å²) in [5.74, 6) is 1.88. The Bertz CT molecular complexity index is 4800. The number of rotatable bonds is 6. The van der Waals surface area contributed by atoms with Crippen LogP contribution in [0.4, 0.5) is 0 Å². The van der Waals surface area contributed by atoms with Gasteiger partial charge in [0.2, 0.25) is 0 Å². The van der Waals surface area contributed by atoms with Crippen LogP contribution in [0.15, 0.2) is 243 Å². The summed E-state index contributed by atoms with van der Waals surface area (Å²) in [4.78, 5) is 16.4. The van der Waals surface area contributed by atoms with Crippen molar-refractivity contribution in [2.45, 2.75) is 19.3 Å². The summed E-state index contributed by atoms with van der Waals surface area (Å²) in [6, 6.07) is 89.1. The first kappa shape index (κ1) is 44.9. The quantitative estimate of drug-likeness (QED) is 0.167. The molecule has 0 saturated heterocycles. The van der Waals surface area contributed by atoms with E-state index in [0.29, 0.717) is 17.5 Å². The molecule has 0 saturated carbocycles. The summed E-state index contributed by atoms with van der Waals surface area (Å²) in [6.07, 6.45) is 0. The Morgan fingerprint density at radius 1 is 0.321 bits per heavy atom. The van der Waals surface area contributed by atoms with Crippen LogP contribution in [0.2, 0.25) is 0 Å². The molecule has 2 bridgehead atoms. The fourth-order valence-corrected chi connectivity index (χ4v) is 14.5. The minimum absolute atomic E-state index is 0.408. The second kappa shape index (κ2) is 17.3. The largest absolute Gasteiger partial charge is 0.308 e. The molecule has 6 heteroatoms. The van der Waals surface area contributed by atoms with Crippen LogP contribution in [-0.2, 0) is 5.41 Å². The molecule has 0 fully saturated rings. The molecule has 4 aromatic heterocycles. The zero-order chi connectivity index (χ0) is 51.6. The topological polar surface area (TPSA) is 43.6 Å². The second-order valence-electron chi connectivity index (χ2n) is 21.1. The smallest absolute Gasteiger partial charge is 0.164 e. The Hall–Kier alpha value is -9.33. The number of hydrogen-bond donors (Lipinski definition) is 0. The second-order valence-corrected chi connectivity index (χ2v) is 23.3. The van der Waals surface area contributed by atoms with Gasteiger partial charge in [0.15, 0.2) is 17.5 Å². The molecule has 16 rings (SSSR count). The highest BCUT2D eigenvalue weighted by Gasteiger charge is 2.33. The van der Waals surface area contributed by atoms with E-state index < -0.39 is 5.41 Å². The zero-order valence-corrected chi connectivity index (χ0v) is 44.3. The molecule has 1 aliphatic heterocycles. The Labute approximate surface area is 458 Å². The molecule has 0 aliphatic carbocycles. The molecule has 1 aliphatic rings. The van der Waals surface area contributed by atoms with E-state index >= 15 is 0 Å². The average molecular weight is 1030 g/mol. The van der Waals surface area contributed by atoms with Crippen molar-refractivity contribution in [3.05, 3.63) is 254 Å². The van der Waals surface area contributed by atoms with E-state index in [0.717, 1.165) is 50.1 Å². The van der Waals surface area contributed by atoms with Crippen molar-refractivity contribution >= 4 is 84.8 Å². The average Bonchev–Trinajstić information content (AvgIpc) is 4.37. The summed E-state index contributed by atoms with van der Waals surface area (Å²) < 4.78 is 7.52. The molecule has 0 N–H and O–H groups in total. The molecule has 5 heterocycles. The summed E-state index contributed by atoms with van der Waals surface area (Å²) in [5, 5.41) is 7.42. The van der Waals surface area contributed by atoms with Gasteiger partial charge in [-0.15, -0.1) is 22.7 Å². The van der Waals surface area contributed by atoms with Gasteiger partial charge in [-0.25, -0.2) is 15.0 Å². The Morgan fingerprint density at radius 3 is 1.42 bits per heavy atom. The molecule has 15 aromatic rings. The summed E-state index contributed by atoms with van der Waals surface area (Å²) in [7, 11) is 0. The molecule has 78 heavy (non-hydrogen) atoms. The fourth-order valence-electron chi connectivity index (χ4n) is 12.3. The van der Waals surface area contributed by atoms with Crippen LogP contribution in [-0.4, -0.2) is 19.5 Å². The predicted octanol–water partition coefficient (Wildman–Crippen LogP) is 20.0. The number of hydrogen-bond acceptors (Lipinski definition) is 5. The first-order valence-corrected chi connectivity index (χ1v) is 28.2. The standard InChI is InChI=1S/C72H46N4S2/c1-72(2)52-24-16-23-47(35-52)58-39-51(71-74-69(48-29-32-55-53-25-12-14-27-63(53)77-65(55)41-48)73-70(75-71)49-30-33-56-54-26-13-15-28-64(54)78-66(56)42-49)38-57(45-21-10-5-11-22-45)67(58)76-62-34-31-46(43-17-6-3-7-18-43)36-59(62)60-37-50(40-61(72)68(60)76)44-19-8-4-9-20-44/h3-42H,1-2H3. The van der Waals surface area contributed by atoms with Gasteiger partial charge in [-0.05, 0) is 105 Å². The van der Waals surface area contributed by atoms with Gasteiger partial charge in [-0.3, -0.25) is 0 Å². The summed E-state index contributed by atoms with van der Waals surface area (Å²) in [5.41, 5.74) is 17.5. The lowest BCUT2D eigenvalue weighted by Crippen LogP contribution is -2.20. The molecule has 0 atom stereocenters. The van der Waals surface area contributed by atoms with Gasteiger partial charge in [0.1, 0.15) is 0 Å². The normalized spacial score (nSPS) is 12.8. The van der Waals surface area contributed by atoms with E-state index in [-0.39, 0.29) is 0 Å². The van der Waals surface area contributed by atoms with Gasteiger partial charge >= 0.3 is 0 Å². The minimum Gasteiger partial charge on any atom is -0.308 e. The molecule has 0 unspecified atom stereocenters. The Balaban J connectivity index is 1.00. The van der Waals surface area contributed by atoms with Crippen molar-refractivity contribution in [1.29, 1.82) is 0 Å². The molecule has 0 spiro atoms. The first-order chi connectivity index (χ1) is 38.4. The number of nitrogens with zero attached hydrogens (tertiary/aromatic N) is 4. The van der Waals surface area contributed by atoms with Gasteiger partial charge in [0.05, 0.1) is 16.7 Å². The van der Waals surface area contributed by atoms with E-state index in [1.54, 1.807) is 0 Å². The lowest BCUT2D eigenvalue weighted by atomic mass is 9.76. The zero-order valence-electron chi connectivity index (χ0n) is 42.7. The molecular weight excluding hydrogens is 985 g/mol. The van der Waals surface area contributed by atoms with Crippen molar-refractivity contribution in [3.63, 3.8) is 0 Å². The van der Waals surface area contributed by atoms with E-state index in [1.807, 2.05) is 22.7 Å². The maximum Gasteiger partial charge on any atom is 0.164 e.